The first-order valence-corrected chi connectivity index (χ1v) is 7.92. The van der Waals surface area contributed by atoms with Gasteiger partial charge >= 0.3 is 0 Å². The first-order valence-electron chi connectivity index (χ1n) is 6.75. The lowest BCUT2D eigenvalue weighted by Crippen LogP contribution is -2.47. The number of carbonyl (C=O) groups is 2. The zero-order valence-electron chi connectivity index (χ0n) is 12.3. The molecule has 1 rings (SSSR count). The van der Waals surface area contributed by atoms with Crippen LogP contribution in [0.4, 0.5) is 0 Å². The van der Waals surface area contributed by atoms with Crippen molar-refractivity contribution in [1.82, 2.24) is 10.6 Å². The Morgan fingerprint density at radius 2 is 2.09 bits per heavy atom. The molecule has 0 radical (unpaired) electrons. The molecule has 0 aliphatic heterocycles. The number of rotatable bonds is 6. The monoisotopic (exact) mass is 385 g/mol. The Labute approximate surface area is 143 Å². The zero-order valence-corrected chi connectivity index (χ0v) is 14.7. The lowest BCUT2D eigenvalue weighted by molar-refractivity contribution is -0.123. The summed E-state index contributed by atoms with van der Waals surface area (Å²) >= 11 is 9.15. The molecule has 1 aromatic carbocycles. The van der Waals surface area contributed by atoms with Crippen LogP contribution in [0.15, 0.2) is 22.7 Å². The van der Waals surface area contributed by atoms with Crippen LogP contribution in [0.3, 0.4) is 0 Å². The fraction of sp³-hybridized carbons (Fsp3) is 0.400. The van der Waals surface area contributed by atoms with Crippen LogP contribution in [-0.4, -0.2) is 24.4 Å². The number of carbonyl (C=O) groups excluding carboxylic acids is 2. The third-order valence-corrected chi connectivity index (χ3v) is 4.07. The molecule has 0 saturated heterocycles. The highest BCUT2D eigenvalue weighted by atomic mass is 79.9. The van der Waals surface area contributed by atoms with E-state index in [9.17, 15) is 9.59 Å². The Hall–Kier alpha value is -1.58. The van der Waals surface area contributed by atoms with Gasteiger partial charge in [-0.1, -0.05) is 25.4 Å². The molecule has 7 heteroatoms. The molecular formula is C15H17BrClN3O2. The minimum atomic E-state index is -0.685. The molecule has 1 aromatic rings. The van der Waals surface area contributed by atoms with Gasteiger partial charge < -0.3 is 10.6 Å². The molecule has 0 spiro atoms. The second-order valence-electron chi connectivity index (χ2n) is 5.16. The summed E-state index contributed by atoms with van der Waals surface area (Å²) in [5, 5.41) is 14.2. The molecule has 0 fully saturated rings. The summed E-state index contributed by atoms with van der Waals surface area (Å²) in [6.45, 7) is 3.82. The maximum atomic E-state index is 12.3. The van der Waals surface area contributed by atoms with Gasteiger partial charge in [0.15, 0.2) is 0 Å². The predicted octanol–water partition coefficient (Wildman–Crippen LogP) is 2.89. The summed E-state index contributed by atoms with van der Waals surface area (Å²) in [7, 11) is 0. The van der Waals surface area contributed by atoms with Crippen molar-refractivity contribution in [2.45, 2.75) is 26.3 Å². The SMILES string of the molecule is CC(C)C[C@H](NC(=O)c1ccc(Cl)c(Br)c1)C(=O)NCC#N. The number of hydrogen-bond acceptors (Lipinski definition) is 3. The van der Waals surface area contributed by atoms with E-state index in [1.807, 2.05) is 19.9 Å². The average molecular weight is 387 g/mol. The highest BCUT2D eigenvalue weighted by Crippen LogP contribution is 2.23. The highest BCUT2D eigenvalue weighted by Gasteiger charge is 2.22. The fourth-order valence-electron chi connectivity index (χ4n) is 1.83. The van der Waals surface area contributed by atoms with Gasteiger partial charge in [-0.3, -0.25) is 9.59 Å². The van der Waals surface area contributed by atoms with Gasteiger partial charge in [0.25, 0.3) is 5.91 Å². The van der Waals surface area contributed by atoms with Crippen molar-refractivity contribution < 1.29 is 9.59 Å². The number of nitrogens with one attached hydrogen (secondary N) is 2. The second-order valence-corrected chi connectivity index (χ2v) is 6.42. The number of halogens is 2. The molecular weight excluding hydrogens is 370 g/mol. The molecule has 0 aliphatic rings. The quantitative estimate of drug-likeness (QED) is 0.738. The van der Waals surface area contributed by atoms with E-state index in [1.54, 1.807) is 18.2 Å². The van der Waals surface area contributed by atoms with Crippen molar-refractivity contribution in [1.29, 1.82) is 5.26 Å². The topological polar surface area (TPSA) is 82.0 Å². The number of nitrogens with zero attached hydrogens (tertiary/aromatic N) is 1. The third kappa shape index (κ3) is 5.66. The Kier molecular flexibility index (Phi) is 7.36. The van der Waals surface area contributed by atoms with Crippen molar-refractivity contribution in [3.63, 3.8) is 0 Å². The third-order valence-electron chi connectivity index (χ3n) is 2.85. The number of benzene rings is 1. The normalized spacial score (nSPS) is 11.6. The maximum absolute atomic E-state index is 12.3. The van der Waals surface area contributed by atoms with E-state index in [-0.39, 0.29) is 24.3 Å². The molecule has 0 unspecified atom stereocenters. The van der Waals surface area contributed by atoms with Crippen LogP contribution in [0.1, 0.15) is 30.6 Å². The van der Waals surface area contributed by atoms with Crippen LogP contribution in [0.5, 0.6) is 0 Å². The standard InChI is InChI=1S/C15H17BrClN3O2/c1-9(2)7-13(15(22)19-6-5-18)20-14(21)10-3-4-12(17)11(16)8-10/h3-4,8-9,13H,6-7H2,1-2H3,(H,19,22)(H,20,21)/t13-/m0/s1. The number of hydrogen-bond donors (Lipinski definition) is 2. The molecule has 1 atom stereocenters. The van der Waals surface area contributed by atoms with Crippen LogP contribution in [0, 0.1) is 17.2 Å². The molecule has 0 aromatic heterocycles. The van der Waals surface area contributed by atoms with Crippen LogP contribution in [0.25, 0.3) is 0 Å². The van der Waals surface area contributed by atoms with Gasteiger partial charge in [-0.2, -0.15) is 5.26 Å². The van der Waals surface area contributed by atoms with Crippen LogP contribution >= 0.6 is 27.5 Å². The highest BCUT2D eigenvalue weighted by molar-refractivity contribution is 9.10. The van der Waals surface area contributed by atoms with E-state index < -0.39 is 6.04 Å². The summed E-state index contributed by atoms with van der Waals surface area (Å²) < 4.78 is 0.608. The Balaban J connectivity index is 2.83. The van der Waals surface area contributed by atoms with Crippen molar-refractivity contribution in [2.24, 2.45) is 5.92 Å². The molecule has 0 heterocycles. The first kappa shape index (κ1) is 18.5. The Bertz CT molecular complexity index is 599. The molecule has 118 valence electrons. The lowest BCUT2D eigenvalue weighted by atomic mass is 10.0. The zero-order chi connectivity index (χ0) is 16.7. The van der Waals surface area contributed by atoms with Gasteiger partial charge in [-0.15, -0.1) is 0 Å². The van der Waals surface area contributed by atoms with Gasteiger partial charge in [-0.25, -0.2) is 0 Å². The van der Waals surface area contributed by atoms with Crippen LogP contribution < -0.4 is 10.6 Å². The predicted molar refractivity (Wildman–Crippen MR) is 88.5 cm³/mol. The summed E-state index contributed by atoms with van der Waals surface area (Å²) in [5.74, 6) is -0.512. The molecule has 0 saturated carbocycles. The average Bonchev–Trinajstić information content (AvgIpc) is 2.46. The van der Waals surface area contributed by atoms with Gasteiger partial charge in [0.05, 0.1) is 11.1 Å². The molecule has 5 nitrogen and oxygen atoms in total. The number of nitriles is 1. The summed E-state index contributed by atoms with van der Waals surface area (Å²) in [6, 6.07) is 5.94. The molecule has 0 aliphatic carbocycles. The minimum Gasteiger partial charge on any atom is -0.341 e. The van der Waals surface area contributed by atoms with E-state index in [1.165, 1.54) is 0 Å². The van der Waals surface area contributed by atoms with E-state index in [2.05, 4.69) is 26.6 Å². The molecule has 22 heavy (non-hydrogen) atoms. The Morgan fingerprint density at radius 1 is 1.41 bits per heavy atom. The van der Waals surface area contributed by atoms with E-state index >= 15 is 0 Å². The van der Waals surface area contributed by atoms with Crippen molar-refractivity contribution in [3.05, 3.63) is 33.3 Å². The van der Waals surface area contributed by atoms with E-state index in [0.717, 1.165) is 0 Å². The summed E-state index contributed by atoms with van der Waals surface area (Å²) in [6.07, 6.45) is 0.484. The molecule has 0 bridgehead atoms. The van der Waals surface area contributed by atoms with Gasteiger partial charge in [-0.05, 0) is 46.5 Å². The van der Waals surface area contributed by atoms with Crippen LogP contribution in [-0.2, 0) is 4.79 Å². The van der Waals surface area contributed by atoms with E-state index in [0.29, 0.717) is 21.5 Å². The number of amides is 2. The fourth-order valence-corrected chi connectivity index (χ4v) is 2.33. The summed E-state index contributed by atoms with van der Waals surface area (Å²) in [4.78, 5) is 24.3. The second kappa shape index (κ2) is 8.76. The minimum absolute atomic E-state index is 0.0875. The Morgan fingerprint density at radius 3 is 2.64 bits per heavy atom. The van der Waals surface area contributed by atoms with Crippen molar-refractivity contribution >= 4 is 39.3 Å². The van der Waals surface area contributed by atoms with Gasteiger partial charge in [0, 0.05) is 10.0 Å². The first-order chi connectivity index (χ1) is 10.3. The maximum Gasteiger partial charge on any atom is 0.251 e. The van der Waals surface area contributed by atoms with Gasteiger partial charge in [0.2, 0.25) is 5.91 Å². The van der Waals surface area contributed by atoms with Crippen molar-refractivity contribution in [2.75, 3.05) is 6.54 Å². The lowest BCUT2D eigenvalue weighted by Gasteiger charge is -2.19. The largest absolute Gasteiger partial charge is 0.341 e. The van der Waals surface area contributed by atoms with E-state index in [4.69, 9.17) is 16.9 Å². The summed E-state index contributed by atoms with van der Waals surface area (Å²) in [5.41, 5.74) is 0.401. The molecule has 2 N–H and O–H groups in total. The molecule has 2 amide bonds. The van der Waals surface area contributed by atoms with Crippen molar-refractivity contribution in [3.8, 4) is 6.07 Å². The van der Waals surface area contributed by atoms with Gasteiger partial charge in [0.1, 0.15) is 12.6 Å². The smallest absolute Gasteiger partial charge is 0.251 e. The van der Waals surface area contributed by atoms with Crippen LogP contribution in [0.2, 0.25) is 5.02 Å².